The summed E-state index contributed by atoms with van der Waals surface area (Å²) in [5.41, 5.74) is -4.58. The van der Waals surface area contributed by atoms with Crippen LogP contribution in [-0.4, -0.2) is 94.9 Å². The molecule has 2 N–H and O–H groups in total. The highest BCUT2D eigenvalue weighted by Gasteiger charge is 2.39. The van der Waals surface area contributed by atoms with Gasteiger partial charge in [-0.3, -0.25) is 14.6 Å². The predicted octanol–water partition coefficient (Wildman–Crippen LogP) is 4.15. The fourth-order valence-corrected chi connectivity index (χ4v) is 5.22. The molecular formula is C27H28F9N3O3. The van der Waals surface area contributed by atoms with Crippen LogP contribution in [0.2, 0.25) is 0 Å². The van der Waals surface area contributed by atoms with E-state index in [0.29, 0.717) is 30.8 Å². The van der Waals surface area contributed by atoms with Crippen LogP contribution >= 0.6 is 0 Å². The number of likely N-dealkylation sites (tertiary alicyclic amines) is 1. The van der Waals surface area contributed by atoms with E-state index < -0.39 is 64.9 Å². The van der Waals surface area contributed by atoms with E-state index in [2.05, 4.69) is 0 Å². The highest BCUT2D eigenvalue weighted by molar-refractivity contribution is 5.95. The Labute approximate surface area is 234 Å². The van der Waals surface area contributed by atoms with Gasteiger partial charge in [-0.25, -0.2) is 0 Å². The quantitative estimate of drug-likeness (QED) is 0.480. The average Bonchev–Trinajstić information content (AvgIpc) is 3.22. The van der Waals surface area contributed by atoms with Gasteiger partial charge in [-0.15, -0.1) is 0 Å². The molecule has 0 aromatic heterocycles. The molecule has 0 radical (unpaired) electrons. The molecule has 1 amide bonds. The van der Waals surface area contributed by atoms with Crippen molar-refractivity contribution in [2.45, 2.75) is 43.2 Å². The molecule has 6 nitrogen and oxygen atoms in total. The van der Waals surface area contributed by atoms with Crippen molar-refractivity contribution in [1.82, 2.24) is 14.7 Å². The summed E-state index contributed by atoms with van der Waals surface area (Å²) in [6.45, 7) is 1.62. The Morgan fingerprint density at radius 3 is 1.69 bits per heavy atom. The minimum atomic E-state index is -5.15. The van der Waals surface area contributed by atoms with Gasteiger partial charge in [-0.1, -0.05) is 12.1 Å². The number of carbonyl (C=O) groups excluding carboxylic acids is 1. The fourth-order valence-electron chi connectivity index (χ4n) is 5.22. The zero-order valence-corrected chi connectivity index (χ0v) is 22.0. The van der Waals surface area contributed by atoms with Gasteiger partial charge in [0.2, 0.25) is 0 Å². The lowest BCUT2D eigenvalue weighted by atomic mass is 9.98. The maximum atomic E-state index is 13.5. The molecule has 3 atom stereocenters. The zero-order chi connectivity index (χ0) is 31.0. The Hall–Kier alpha value is -2.88. The molecule has 42 heavy (non-hydrogen) atoms. The number of rotatable bonds is 6. The first-order valence-electron chi connectivity index (χ1n) is 13.0. The lowest BCUT2D eigenvalue weighted by Crippen LogP contribution is -2.57. The molecule has 4 rings (SSSR count). The highest BCUT2D eigenvalue weighted by atomic mass is 19.4. The number of alkyl halides is 9. The van der Waals surface area contributed by atoms with E-state index in [1.807, 2.05) is 9.80 Å². The van der Waals surface area contributed by atoms with Gasteiger partial charge in [-0.05, 0) is 42.3 Å². The second kappa shape index (κ2) is 12.0. The summed E-state index contributed by atoms with van der Waals surface area (Å²) >= 11 is 0. The molecule has 2 aromatic rings. The van der Waals surface area contributed by atoms with Crippen molar-refractivity contribution in [3.05, 3.63) is 70.3 Å². The molecule has 232 valence electrons. The first-order valence-corrected chi connectivity index (χ1v) is 13.0. The minimum absolute atomic E-state index is 0.00733. The number of halogens is 9. The summed E-state index contributed by atoms with van der Waals surface area (Å²) in [7, 11) is 0. The molecule has 0 bridgehead atoms. The van der Waals surface area contributed by atoms with E-state index >= 15 is 0 Å². The van der Waals surface area contributed by atoms with Gasteiger partial charge in [0.15, 0.2) is 0 Å². The summed E-state index contributed by atoms with van der Waals surface area (Å²) in [5, 5.41) is 19.5. The van der Waals surface area contributed by atoms with Crippen molar-refractivity contribution in [1.29, 1.82) is 0 Å². The van der Waals surface area contributed by atoms with Crippen LogP contribution in [0, 0.1) is 0 Å². The average molecular weight is 614 g/mol. The van der Waals surface area contributed by atoms with E-state index in [4.69, 9.17) is 0 Å². The number of hydrogen-bond acceptors (Lipinski definition) is 5. The van der Waals surface area contributed by atoms with Gasteiger partial charge >= 0.3 is 18.5 Å². The van der Waals surface area contributed by atoms with Crippen molar-refractivity contribution in [3.8, 4) is 0 Å². The van der Waals surface area contributed by atoms with Gasteiger partial charge in [0.25, 0.3) is 5.91 Å². The number of carbonyl (C=O) groups is 1. The number of amides is 1. The first-order chi connectivity index (χ1) is 19.4. The van der Waals surface area contributed by atoms with Crippen molar-refractivity contribution in [2.24, 2.45) is 0 Å². The van der Waals surface area contributed by atoms with E-state index in [0.717, 1.165) is 17.0 Å². The monoisotopic (exact) mass is 613 g/mol. The van der Waals surface area contributed by atoms with Crippen molar-refractivity contribution >= 4 is 5.91 Å². The molecule has 0 unspecified atom stereocenters. The molecular weight excluding hydrogens is 585 g/mol. The molecule has 2 heterocycles. The van der Waals surface area contributed by atoms with E-state index in [1.165, 1.54) is 12.1 Å². The smallest absolute Gasteiger partial charge is 0.389 e. The van der Waals surface area contributed by atoms with Crippen LogP contribution in [0.15, 0.2) is 42.5 Å². The van der Waals surface area contributed by atoms with E-state index in [1.54, 1.807) is 0 Å². The predicted molar refractivity (Wildman–Crippen MR) is 131 cm³/mol. The number of aliphatic hydroxyl groups is 2. The van der Waals surface area contributed by atoms with Crippen molar-refractivity contribution in [2.75, 3.05) is 45.8 Å². The summed E-state index contributed by atoms with van der Waals surface area (Å²) in [6.07, 6.45) is -16.7. The Kier molecular flexibility index (Phi) is 9.17. The summed E-state index contributed by atoms with van der Waals surface area (Å²) in [6, 6.07) is 4.00. The minimum Gasteiger partial charge on any atom is -0.389 e. The van der Waals surface area contributed by atoms with Crippen LogP contribution in [0.3, 0.4) is 0 Å². The van der Waals surface area contributed by atoms with Gasteiger partial charge in [0.05, 0.1) is 28.9 Å². The third kappa shape index (κ3) is 7.74. The molecule has 2 saturated heterocycles. The second-order valence-corrected chi connectivity index (χ2v) is 10.5. The molecule has 2 fully saturated rings. The fraction of sp³-hybridized carbons (Fsp3) is 0.519. The second-order valence-electron chi connectivity index (χ2n) is 10.5. The van der Waals surface area contributed by atoms with Gasteiger partial charge in [0.1, 0.15) is 0 Å². The Morgan fingerprint density at radius 2 is 1.19 bits per heavy atom. The van der Waals surface area contributed by atoms with Crippen molar-refractivity contribution in [3.63, 3.8) is 0 Å². The summed E-state index contributed by atoms with van der Waals surface area (Å²) < 4.78 is 120. The SMILES string of the molecule is O=C(c1cc(C(F)(F)F)cc(C(F)(F)F)c1)N1CCN(CCN2C[C@H](O)[C@@H](O)C2)C[C@H]1Cc1ccc(C(F)(F)F)cc1. The van der Waals surface area contributed by atoms with Gasteiger partial charge in [0, 0.05) is 57.4 Å². The largest absolute Gasteiger partial charge is 0.416 e. The number of β-amino-alcohol motifs (C(OH)–C–C–N with tert-alkyl or cyclic N) is 2. The van der Waals surface area contributed by atoms with Crippen LogP contribution in [-0.2, 0) is 24.9 Å². The maximum absolute atomic E-state index is 13.5. The lowest BCUT2D eigenvalue weighted by molar-refractivity contribution is -0.143. The lowest BCUT2D eigenvalue weighted by Gasteiger charge is -2.42. The van der Waals surface area contributed by atoms with Gasteiger partial charge in [-0.2, -0.15) is 39.5 Å². The Morgan fingerprint density at radius 1 is 0.690 bits per heavy atom. The number of benzene rings is 2. The topological polar surface area (TPSA) is 67.3 Å². The van der Waals surface area contributed by atoms with Crippen LogP contribution in [0.4, 0.5) is 39.5 Å². The van der Waals surface area contributed by atoms with Crippen LogP contribution in [0.5, 0.6) is 0 Å². The number of nitrogens with zero attached hydrogens (tertiary/aromatic N) is 3. The molecule has 2 aromatic carbocycles. The van der Waals surface area contributed by atoms with Crippen LogP contribution in [0.25, 0.3) is 0 Å². The summed E-state index contributed by atoms with van der Waals surface area (Å²) in [5.74, 6) is -1.06. The van der Waals surface area contributed by atoms with Crippen LogP contribution < -0.4 is 0 Å². The Bertz CT molecular complexity index is 1210. The van der Waals surface area contributed by atoms with Gasteiger partial charge < -0.3 is 15.1 Å². The maximum Gasteiger partial charge on any atom is 0.416 e. The summed E-state index contributed by atoms with van der Waals surface area (Å²) in [4.78, 5) is 18.3. The number of aliphatic hydroxyl groups excluding tert-OH is 2. The molecule has 0 spiro atoms. The molecule has 2 aliphatic heterocycles. The first kappa shape index (κ1) is 32.0. The van der Waals surface area contributed by atoms with E-state index in [9.17, 15) is 54.5 Å². The molecule has 0 aliphatic carbocycles. The molecule has 2 aliphatic rings. The Balaban J connectivity index is 1.59. The van der Waals surface area contributed by atoms with Crippen molar-refractivity contribution < 1.29 is 54.5 Å². The molecule has 15 heteroatoms. The standard InChI is InChI=1S/C27H28F9N3O3/c28-25(29,30)18-3-1-16(2-4-18)9-21-13-37(5-6-38-14-22(40)23(41)15-38)7-8-39(21)24(42)17-10-19(26(31,32)33)12-20(11-17)27(34,35)36/h1-4,10-12,21-23,40-41H,5-9,13-15H2/t21-,22+,23+/m1/s1. The zero-order valence-electron chi connectivity index (χ0n) is 22.0. The number of piperazine rings is 1. The molecule has 0 saturated carbocycles. The highest BCUT2D eigenvalue weighted by Crippen LogP contribution is 2.37. The normalized spacial score (nSPS) is 23.0. The third-order valence-electron chi connectivity index (χ3n) is 7.48. The van der Waals surface area contributed by atoms with Crippen LogP contribution in [0.1, 0.15) is 32.6 Å². The third-order valence-corrected chi connectivity index (χ3v) is 7.48. The number of hydrogen-bond donors (Lipinski definition) is 2. The van der Waals surface area contributed by atoms with E-state index in [-0.39, 0.29) is 45.2 Å².